The van der Waals surface area contributed by atoms with E-state index in [0.717, 1.165) is 9.37 Å². The van der Waals surface area contributed by atoms with Crippen LogP contribution in [-0.4, -0.2) is 21.8 Å². The summed E-state index contributed by atoms with van der Waals surface area (Å²) in [6.45, 7) is 0. The van der Waals surface area contributed by atoms with Gasteiger partial charge in [-0.15, -0.1) is 11.8 Å². The largest absolute Gasteiger partial charge is 0.481 e. The molecule has 1 N–H and O–H groups in total. The van der Waals surface area contributed by atoms with Gasteiger partial charge in [0.15, 0.2) is 0 Å². The molecule has 0 fully saturated rings. The number of carbonyl (C=O) groups is 1. The van der Waals surface area contributed by atoms with Gasteiger partial charge >= 0.3 is 5.97 Å². The van der Waals surface area contributed by atoms with Gasteiger partial charge in [0.25, 0.3) is 0 Å². The molecule has 0 aliphatic carbocycles. The molecule has 0 unspecified atom stereocenters. The normalized spacial score (nSPS) is 9.92. The summed E-state index contributed by atoms with van der Waals surface area (Å²) in [6.07, 6.45) is 3.57. The van der Waals surface area contributed by atoms with Crippen LogP contribution in [0.2, 0.25) is 0 Å². The number of hydrogen-bond acceptors (Lipinski definition) is 3. The topological polar surface area (TPSA) is 50.2 Å². The zero-order valence-electron chi connectivity index (χ0n) is 6.74. The Hall–Kier alpha value is -0.550. The molecule has 13 heavy (non-hydrogen) atoms. The molecule has 0 amide bonds. The van der Waals surface area contributed by atoms with Gasteiger partial charge in [-0.25, -0.2) is 0 Å². The first kappa shape index (κ1) is 10.5. The van der Waals surface area contributed by atoms with Gasteiger partial charge < -0.3 is 5.11 Å². The molecule has 1 aromatic rings. The SMILES string of the molecule is O=C(O)CCSc1ccncc1Br. The Morgan fingerprint density at radius 3 is 3.08 bits per heavy atom. The molecule has 0 saturated carbocycles. The van der Waals surface area contributed by atoms with Crippen molar-refractivity contribution in [1.82, 2.24) is 4.98 Å². The zero-order valence-corrected chi connectivity index (χ0v) is 9.14. The molecule has 5 heteroatoms. The predicted octanol–water partition coefficient (Wildman–Crippen LogP) is 2.41. The molecule has 1 aromatic heterocycles. The maximum absolute atomic E-state index is 10.2. The van der Waals surface area contributed by atoms with E-state index in [2.05, 4.69) is 20.9 Å². The Labute approximate surface area is 88.7 Å². The van der Waals surface area contributed by atoms with Crippen LogP contribution in [-0.2, 0) is 4.79 Å². The van der Waals surface area contributed by atoms with Gasteiger partial charge in [0.1, 0.15) is 0 Å². The van der Waals surface area contributed by atoms with Crippen molar-refractivity contribution in [2.24, 2.45) is 0 Å². The summed E-state index contributed by atoms with van der Waals surface area (Å²) in [5.41, 5.74) is 0. The summed E-state index contributed by atoms with van der Waals surface area (Å²) in [5.74, 6) is -0.185. The van der Waals surface area contributed by atoms with Crippen LogP contribution in [0.25, 0.3) is 0 Å². The van der Waals surface area contributed by atoms with Crippen molar-refractivity contribution in [2.45, 2.75) is 11.3 Å². The molecular weight excluding hydrogens is 254 g/mol. The van der Waals surface area contributed by atoms with Crippen molar-refractivity contribution in [1.29, 1.82) is 0 Å². The summed E-state index contributed by atoms with van der Waals surface area (Å²) in [4.78, 5) is 15.2. The highest BCUT2D eigenvalue weighted by atomic mass is 79.9. The number of aliphatic carboxylic acids is 1. The van der Waals surface area contributed by atoms with E-state index in [1.165, 1.54) is 11.8 Å². The van der Waals surface area contributed by atoms with Crippen LogP contribution in [0.3, 0.4) is 0 Å². The number of nitrogens with zero attached hydrogens (tertiary/aromatic N) is 1. The second-order valence-corrected chi connectivity index (χ2v) is 4.29. The van der Waals surface area contributed by atoms with Crippen LogP contribution in [0.4, 0.5) is 0 Å². The Morgan fingerprint density at radius 2 is 2.46 bits per heavy atom. The number of hydrogen-bond donors (Lipinski definition) is 1. The zero-order chi connectivity index (χ0) is 9.68. The molecule has 0 bridgehead atoms. The van der Waals surface area contributed by atoms with E-state index in [0.29, 0.717) is 5.75 Å². The predicted molar refractivity (Wildman–Crippen MR) is 54.9 cm³/mol. The van der Waals surface area contributed by atoms with Crippen molar-refractivity contribution >= 4 is 33.7 Å². The average Bonchev–Trinajstić information content (AvgIpc) is 2.08. The Balaban J connectivity index is 2.45. The highest BCUT2D eigenvalue weighted by Gasteiger charge is 2.01. The molecule has 0 aliphatic heterocycles. The van der Waals surface area contributed by atoms with E-state index in [1.54, 1.807) is 12.4 Å². The summed E-state index contributed by atoms with van der Waals surface area (Å²) >= 11 is 4.84. The fraction of sp³-hybridized carbons (Fsp3) is 0.250. The lowest BCUT2D eigenvalue weighted by atomic mass is 10.5. The first-order valence-corrected chi connectivity index (χ1v) is 5.42. The first-order chi connectivity index (χ1) is 6.20. The minimum Gasteiger partial charge on any atom is -0.481 e. The third kappa shape index (κ3) is 3.78. The smallest absolute Gasteiger partial charge is 0.304 e. The Bertz CT molecular complexity index is 306. The maximum atomic E-state index is 10.2. The van der Waals surface area contributed by atoms with E-state index in [-0.39, 0.29) is 6.42 Å². The fourth-order valence-electron chi connectivity index (χ4n) is 0.728. The third-order valence-electron chi connectivity index (χ3n) is 1.31. The van der Waals surface area contributed by atoms with Crippen LogP contribution in [0.15, 0.2) is 27.8 Å². The number of thioether (sulfide) groups is 1. The van der Waals surface area contributed by atoms with E-state index in [4.69, 9.17) is 5.11 Å². The summed E-state index contributed by atoms with van der Waals surface area (Å²) in [5, 5.41) is 8.42. The molecule has 0 aromatic carbocycles. The monoisotopic (exact) mass is 261 g/mol. The first-order valence-electron chi connectivity index (χ1n) is 3.64. The van der Waals surface area contributed by atoms with E-state index in [9.17, 15) is 4.79 Å². The van der Waals surface area contributed by atoms with Crippen molar-refractivity contribution in [3.05, 3.63) is 22.9 Å². The second kappa shape index (κ2) is 5.24. The molecule has 0 radical (unpaired) electrons. The van der Waals surface area contributed by atoms with E-state index in [1.807, 2.05) is 6.07 Å². The van der Waals surface area contributed by atoms with Gasteiger partial charge in [-0.1, -0.05) is 0 Å². The average molecular weight is 262 g/mol. The van der Waals surface area contributed by atoms with Crippen LogP contribution in [0, 0.1) is 0 Å². The van der Waals surface area contributed by atoms with Gasteiger partial charge in [0.2, 0.25) is 0 Å². The quantitative estimate of drug-likeness (QED) is 0.846. The fourth-order valence-corrected chi connectivity index (χ4v) is 2.17. The van der Waals surface area contributed by atoms with E-state index >= 15 is 0 Å². The van der Waals surface area contributed by atoms with Crippen molar-refractivity contribution in [3.8, 4) is 0 Å². The molecule has 3 nitrogen and oxygen atoms in total. The molecular formula is C8H8BrNO2S. The van der Waals surface area contributed by atoms with Crippen LogP contribution in [0.1, 0.15) is 6.42 Å². The Morgan fingerprint density at radius 1 is 1.69 bits per heavy atom. The molecule has 0 spiro atoms. The lowest BCUT2D eigenvalue weighted by Gasteiger charge is -2.00. The molecule has 1 rings (SSSR count). The van der Waals surface area contributed by atoms with Crippen LogP contribution >= 0.6 is 27.7 Å². The highest BCUT2D eigenvalue weighted by Crippen LogP contribution is 2.26. The lowest BCUT2D eigenvalue weighted by Crippen LogP contribution is -1.95. The number of aromatic nitrogens is 1. The Kier molecular flexibility index (Phi) is 4.24. The molecule has 1 heterocycles. The molecule has 70 valence electrons. The van der Waals surface area contributed by atoms with Gasteiger partial charge in [-0.3, -0.25) is 9.78 Å². The van der Waals surface area contributed by atoms with E-state index < -0.39 is 5.97 Å². The molecule has 0 saturated heterocycles. The second-order valence-electron chi connectivity index (χ2n) is 2.30. The summed E-state index contributed by atoms with van der Waals surface area (Å²) in [7, 11) is 0. The van der Waals surface area contributed by atoms with Gasteiger partial charge in [0, 0.05) is 27.5 Å². The van der Waals surface area contributed by atoms with Gasteiger partial charge in [0.05, 0.1) is 6.42 Å². The third-order valence-corrected chi connectivity index (χ3v) is 3.28. The number of carboxylic acid groups (broad SMARTS) is 1. The number of rotatable bonds is 4. The van der Waals surface area contributed by atoms with Crippen molar-refractivity contribution in [2.75, 3.05) is 5.75 Å². The van der Waals surface area contributed by atoms with Gasteiger partial charge in [-0.2, -0.15) is 0 Å². The number of halogens is 1. The number of pyridine rings is 1. The van der Waals surface area contributed by atoms with Crippen LogP contribution in [0.5, 0.6) is 0 Å². The van der Waals surface area contributed by atoms with Crippen molar-refractivity contribution < 1.29 is 9.90 Å². The highest BCUT2D eigenvalue weighted by molar-refractivity contribution is 9.10. The minimum absolute atomic E-state index is 0.180. The van der Waals surface area contributed by atoms with Crippen molar-refractivity contribution in [3.63, 3.8) is 0 Å². The van der Waals surface area contributed by atoms with Gasteiger partial charge in [-0.05, 0) is 22.0 Å². The van der Waals surface area contributed by atoms with Crippen LogP contribution < -0.4 is 0 Å². The summed E-state index contributed by atoms with van der Waals surface area (Å²) in [6, 6.07) is 1.86. The molecule has 0 aliphatic rings. The minimum atomic E-state index is -0.766. The lowest BCUT2D eigenvalue weighted by molar-refractivity contribution is -0.136. The maximum Gasteiger partial charge on any atom is 0.304 e. The summed E-state index contributed by atoms with van der Waals surface area (Å²) < 4.78 is 0.908. The number of carboxylic acids is 1. The standard InChI is InChI=1S/C8H8BrNO2S/c9-6-5-10-3-1-7(6)13-4-2-8(11)12/h1,3,5H,2,4H2,(H,11,12). The molecule has 0 atom stereocenters.